The molecule has 0 bridgehead atoms. The minimum absolute atomic E-state index is 0.0870. The number of benzene rings is 1. The van der Waals surface area contributed by atoms with Gasteiger partial charge in [-0.3, -0.25) is 0 Å². The molecule has 1 fully saturated rings. The number of halogens is 2. The van der Waals surface area contributed by atoms with Gasteiger partial charge in [0.2, 0.25) is 0 Å². The van der Waals surface area contributed by atoms with E-state index in [1.54, 1.807) is 0 Å². The van der Waals surface area contributed by atoms with E-state index in [1.807, 2.05) is 18.2 Å². The van der Waals surface area contributed by atoms with Crippen molar-refractivity contribution in [3.05, 3.63) is 33.8 Å². The number of hydrogen-bond acceptors (Lipinski definition) is 3. The minimum Gasteiger partial charge on any atom is -0.376 e. The first kappa shape index (κ1) is 13.1. The van der Waals surface area contributed by atoms with Gasteiger partial charge in [-0.25, -0.2) is 0 Å². The highest BCUT2D eigenvalue weighted by Crippen LogP contribution is 2.26. The summed E-state index contributed by atoms with van der Waals surface area (Å²) >= 11 is 12.2. The lowest BCUT2D eigenvalue weighted by Crippen LogP contribution is -2.44. The van der Waals surface area contributed by atoms with E-state index in [1.165, 1.54) is 0 Å². The predicted octanol–water partition coefficient (Wildman–Crippen LogP) is 2.28. The predicted molar refractivity (Wildman–Crippen MR) is 68.7 cm³/mol. The lowest BCUT2D eigenvalue weighted by molar-refractivity contribution is -0.0967. The Kier molecular flexibility index (Phi) is 4.65. The van der Waals surface area contributed by atoms with Gasteiger partial charge in [0.15, 0.2) is 0 Å². The first-order valence-corrected chi connectivity index (χ1v) is 6.32. The Morgan fingerprint density at radius 3 is 2.59 bits per heavy atom. The molecule has 94 valence electrons. The second kappa shape index (κ2) is 6.03. The Morgan fingerprint density at radius 2 is 2.00 bits per heavy atom. The summed E-state index contributed by atoms with van der Waals surface area (Å²) in [5, 5.41) is 1.29. The Labute approximate surface area is 111 Å². The van der Waals surface area contributed by atoms with Crippen molar-refractivity contribution in [2.45, 2.75) is 18.6 Å². The number of nitrogens with two attached hydrogens (primary N) is 1. The second-order valence-corrected chi connectivity index (χ2v) is 4.87. The maximum absolute atomic E-state index is 6.10. The summed E-state index contributed by atoms with van der Waals surface area (Å²) in [4.78, 5) is 0. The monoisotopic (exact) mass is 275 g/mol. The summed E-state index contributed by atoms with van der Waals surface area (Å²) in [5.41, 5.74) is 6.97. The average molecular weight is 276 g/mol. The van der Waals surface area contributed by atoms with Crippen LogP contribution in [0.15, 0.2) is 18.2 Å². The smallest absolute Gasteiger partial charge is 0.0963 e. The number of ether oxygens (including phenoxy) is 2. The lowest BCUT2D eigenvalue weighted by Gasteiger charge is -2.28. The summed E-state index contributed by atoms with van der Waals surface area (Å²) in [7, 11) is 0. The van der Waals surface area contributed by atoms with Crippen LogP contribution in [-0.2, 0) is 15.9 Å². The van der Waals surface area contributed by atoms with Gasteiger partial charge < -0.3 is 15.2 Å². The SMILES string of the molecule is NC(Cc1c(Cl)cccc1Cl)C1COCCO1. The Balaban J connectivity index is 2.04. The third-order valence-corrected chi connectivity index (χ3v) is 3.53. The van der Waals surface area contributed by atoms with E-state index in [0.717, 1.165) is 5.56 Å². The van der Waals surface area contributed by atoms with Crippen LogP contribution >= 0.6 is 23.2 Å². The van der Waals surface area contributed by atoms with Gasteiger partial charge in [0.1, 0.15) is 0 Å². The molecule has 1 aliphatic rings. The zero-order valence-electron chi connectivity index (χ0n) is 9.36. The highest BCUT2D eigenvalue weighted by molar-refractivity contribution is 6.35. The maximum atomic E-state index is 6.10. The lowest BCUT2D eigenvalue weighted by atomic mass is 10.0. The number of rotatable bonds is 3. The zero-order chi connectivity index (χ0) is 12.3. The zero-order valence-corrected chi connectivity index (χ0v) is 10.9. The van der Waals surface area contributed by atoms with Gasteiger partial charge in [-0.1, -0.05) is 29.3 Å². The van der Waals surface area contributed by atoms with Crippen LogP contribution in [0, 0.1) is 0 Å². The standard InChI is InChI=1S/C12H15Cl2NO2/c13-9-2-1-3-10(14)8(9)6-11(15)12-7-16-4-5-17-12/h1-3,11-12H,4-7,15H2. The molecule has 1 heterocycles. The molecular weight excluding hydrogens is 261 g/mol. The van der Waals surface area contributed by atoms with E-state index >= 15 is 0 Å². The minimum atomic E-state index is -0.160. The summed E-state index contributed by atoms with van der Waals surface area (Å²) < 4.78 is 10.9. The highest BCUT2D eigenvalue weighted by atomic mass is 35.5. The van der Waals surface area contributed by atoms with Crippen molar-refractivity contribution in [3.63, 3.8) is 0 Å². The average Bonchev–Trinajstić information content (AvgIpc) is 2.35. The quantitative estimate of drug-likeness (QED) is 0.921. The molecule has 0 aliphatic carbocycles. The molecule has 0 spiro atoms. The third-order valence-electron chi connectivity index (χ3n) is 2.82. The second-order valence-electron chi connectivity index (χ2n) is 4.05. The fourth-order valence-electron chi connectivity index (χ4n) is 1.85. The first-order chi connectivity index (χ1) is 8.18. The topological polar surface area (TPSA) is 44.5 Å². The first-order valence-electron chi connectivity index (χ1n) is 5.56. The molecule has 2 rings (SSSR count). The molecule has 0 amide bonds. The normalized spacial score (nSPS) is 22.4. The van der Waals surface area contributed by atoms with Crippen molar-refractivity contribution in [2.24, 2.45) is 5.73 Å². The molecule has 0 aromatic heterocycles. The molecule has 1 aliphatic heterocycles. The largest absolute Gasteiger partial charge is 0.376 e. The van der Waals surface area contributed by atoms with Gasteiger partial charge in [0, 0.05) is 16.1 Å². The van der Waals surface area contributed by atoms with E-state index < -0.39 is 0 Å². The van der Waals surface area contributed by atoms with Crippen LogP contribution in [0.5, 0.6) is 0 Å². The molecule has 17 heavy (non-hydrogen) atoms. The molecule has 1 aromatic carbocycles. The van der Waals surface area contributed by atoms with Crippen molar-refractivity contribution in [1.29, 1.82) is 0 Å². The van der Waals surface area contributed by atoms with Crippen molar-refractivity contribution in [1.82, 2.24) is 0 Å². The molecule has 0 saturated carbocycles. The molecule has 0 radical (unpaired) electrons. The van der Waals surface area contributed by atoms with Crippen LogP contribution in [0.25, 0.3) is 0 Å². The van der Waals surface area contributed by atoms with Gasteiger partial charge >= 0.3 is 0 Å². The molecule has 2 unspecified atom stereocenters. The summed E-state index contributed by atoms with van der Waals surface area (Å²) in [6.45, 7) is 1.76. The van der Waals surface area contributed by atoms with Crippen LogP contribution in [0.4, 0.5) is 0 Å². The van der Waals surface area contributed by atoms with Crippen molar-refractivity contribution in [2.75, 3.05) is 19.8 Å². The fraction of sp³-hybridized carbons (Fsp3) is 0.500. The third kappa shape index (κ3) is 3.33. The molecule has 2 N–H and O–H groups in total. The molecule has 2 atom stereocenters. The van der Waals surface area contributed by atoms with E-state index in [2.05, 4.69) is 0 Å². The van der Waals surface area contributed by atoms with Gasteiger partial charge in [-0.15, -0.1) is 0 Å². The maximum Gasteiger partial charge on any atom is 0.0963 e. The van der Waals surface area contributed by atoms with Crippen LogP contribution in [0.2, 0.25) is 10.0 Å². The van der Waals surface area contributed by atoms with E-state index in [0.29, 0.717) is 36.3 Å². The molecule has 1 aromatic rings. The van der Waals surface area contributed by atoms with E-state index in [9.17, 15) is 0 Å². The van der Waals surface area contributed by atoms with E-state index in [-0.39, 0.29) is 12.1 Å². The van der Waals surface area contributed by atoms with Crippen molar-refractivity contribution < 1.29 is 9.47 Å². The van der Waals surface area contributed by atoms with Crippen LogP contribution in [0.3, 0.4) is 0 Å². The van der Waals surface area contributed by atoms with Gasteiger partial charge in [-0.2, -0.15) is 0 Å². The fourth-order valence-corrected chi connectivity index (χ4v) is 2.40. The summed E-state index contributed by atoms with van der Waals surface area (Å²) in [6.07, 6.45) is 0.503. The van der Waals surface area contributed by atoms with Gasteiger partial charge in [0.05, 0.1) is 25.9 Å². The molecule has 3 nitrogen and oxygen atoms in total. The Morgan fingerprint density at radius 1 is 1.29 bits per heavy atom. The van der Waals surface area contributed by atoms with Gasteiger partial charge in [0.25, 0.3) is 0 Å². The van der Waals surface area contributed by atoms with Crippen molar-refractivity contribution >= 4 is 23.2 Å². The molecule has 5 heteroatoms. The van der Waals surface area contributed by atoms with Crippen LogP contribution in [0.1, 0.15) is 5.56 Å². The number of hydrogen-bond donors (Lipinski definition) is 1. The summed E-state index contributed by atoms with van der Waals surface area (Å²) in [5.74, 6) is 0. The van der Waals surface area contributed by atoms with Crippen LogP contribution < -0.4 is 5.73 Å². The Bertz CT molecular complexity index is 361. The van der Waals surface area contributed by atoms with Gasteiger partial charge in [-0.05, 0) is 24.1 Å². The van der Waals surface area contributed by atoms with Crippen molar-refractivity contribution in [3.8, 4) is 0 Å². The molecular formula is C12H15Cl2NO2. The summed E-state index contributed by atoms with van der Waals surface area (Å²) in [6, 6.07) is 5.29. The van der Waals surface area contributed by atoms with Crippen LogP contribution in [-0.4, -0.2) is 32.0 Å². The molecule has 1 saturated heterocycles. The van der Waals surface area contributed by atoms with E-state index in [4.69, 9.17) is 38.4 Å². The Hall–Kier alpha value is -0.320. The highest BCUT2D eigenvalue weighted by Gasteiger charge is 2.23.